The summed E-state index contributed by atoms with van der Waals surface area (Å²) in [6, 6.07) is 3.85. The van der Waals surface area contributed by atoms with E-state index in [4.69, 9.17) is 4.74 Å². The number of ether oxygens (including phenoxy) is 1. The van der Waals surface area contributed by atoms with Crippen LogP contribution in [0, 0.1) is 5.82 Å². The fourth-order valence-electron chi connectivity index (χ4n) is 2.67. The number of nitrogens with zero attached hydrogens (tertiary/aromatic N) is 2. The Morgan fingerprint density at radius 1 is 1.32 bits per heavy atom. The van der Waals surface area contributed by atoms with Gasteiger partial charge in [0.2, 0.25) is 0 Å². The van der Waals surface area contributed by atoms with Gasteiger partial charge in [0.15, 0.2) is 0 Å². The second-order valence-corrected chi connectivity index (χ2v) is 5.59. The van der Waals surface area contributed by atoms with Crippen molar-refractivity contribution in [1.29, 1.82) is 0 Å². The number of hydrogen-bond acceptors (Lipinski definition) is 4. The van der Waals surface area contributed by atoms with Gasteiger partial charge in [-0.1, -0.05) is 0 Å². The van der Waals surface area contributed by atoms with Crippen LogP contribution in [-0.4, -0.2) is 50.6 Å². The third-order valence-corrected chi connectivity index (χ3v) is 3.94. The number of carbonyl (C=O) groups is 2. The van der Waals surface area contributed by atoms with E-state index < -0.39 is 23.7 Å². The zero-order valence-electron chi connectivity index (χ0n) is 13.1. The van der Waals surface area contributed by atoms with E-state index in [0.29, 0.717) is 18.7 Å². The molecule has 0 bridgehead atoms. The topological polar surface area (TPSA) is 49.9 Å². The van der Waals surface area contributed by atoms with Crippen LogP contribution < -0.4 is 4.90 Å². The lowest BCUT2D eigenvalue weighted by Crippen LogP contribution is -2.48. The van der Waals surface area contributed by atoms with Crippen molar-refractivity contribution >= 4 is 17.6 Å². The number of piperidine rings is 1. The van der Waals surface area contributed by atoms with E-state index in [2.05, 4.69) is 0 Å². The number of esters is 1. The highest BCUT2D eigenvalue weighted by Gasteiger charge is 2.34. The molecule has 0 aromatic heterocycles. The Kier molecular flexibility index (Phi) is 5.00. The van der Waals surface area contributed by atoms with Gasteiger partial charge in [0.1, 0.15) is 11.9 Å². The van der Waals surface area contributed by atoms with Crippen LogP contribution >= 0.6 is 0 Å². The molecule has 1 aliphatic rings. The molecule has 120 valence electrons. The van der Waals surface area contributed by atoms with Gasteiger partial charge in [0, 0.05) is 26.3 Å². The molecule has 1 aliphatic heterocycles. The van der Waals surface area contributed by atoms with E-state index in [0.717, 1.165) is 12.8 Å². The standard InChI is InChI=1S/C16H21FN2O3/c1-18(2)11-7-8-12(13(17)10-11)15(20)19-9-5-4-6-14(19)16(21)22-3/h7-8,10,14H,4-6,9H2,1-3H3/t14-/m0/s1. The summed E-state index contributed by atoms with van der Waals surface area (Å²) < 4.78 is 19.0. The maximum atomic E-state index is 14.2. The van der Waals surface area contributed by atoms with Crippen molar-refractivity contribution in [3.63, 3.8) is 0 Å². The highest BCUT2D eigenvalue weighted by Crippen LogP contribution is 2.23. The molecule has 5 nitrogen and oxygen atoms in total. The smallest absolute Gasteiger partial charge is 0.328 e. The van der Waals surface area contributed by atoms with E-state index in [1.165, 1.54) is 24.1 Å². The van der Waals surface area contributed by atoms with Gasteiger partial charge in [-0.3, -0.25) is 4.79 Å². The normalized spacial score (nSPS) is 18.0. The summed E-state index contributed by atoms with van der Waals surface area (Å²) in [5.74, 6) is -1.48. The predicted molar refractivity (Wildman–Crippen MR) is 81.4 cm³/mol. The third-order valence-electron chi connectivity index (χ3n) is 3.94. The first-order valence-corrected chi connectivity index (χ1v) is 7.31. The van der Waals surface area contributed by atoms with Crippen LogP contribution in [0.1, 0.15) is 29.6 Å². The minimum absolute atomic E-state index is 0.0126. The van der Waals surface area contributed by atoms with Gasteiger partial charge in [0.05, 0.1) is 12.7 Å². The highest BCUT2D eigenvalue weighted by molar-refractivity contribution is 5.97. The SMILES string of the molecule is COC(=O)[C@@H]1CCCCN1C(=O)c1ccc(N(C)C)cc1F. The van der Waals surface area contributed by atoms with E-state index in [9.17, 15) is 14.0 Å². The van der Waals surface area contributed by atoms with Gasteiger partial charge >= 0.3 is 5.97 Å². The average molecular weight is 308 g/mol. The fourth-order valence-corrected chi connectivity index (χ4v) is 2.67. The molecule has 6 heteroatoms. The monoisotopic (exact) mass is 308 g/mol. The van der Waals surface area contributed by atoms with Gasteiger partial charge in [0.25, 0.3) is 5.91 Å². The molecule has 1 amide bonds. The maximum absolute atomic E-state index is 14.2. The Hall–Kier alpha value is -2.11. The van der Waals surface area contributed by atoms with Gasteiger partial charge in [-0.05, 0) is 37.5 Å². The van der Waals surface area contributed by atoms with Gasteiger partial charge in [-0.25, -0.2) is 9.18 Å². The molecule has 0 N–H and O–H groups in total. The summed E-state index contributed by atoms with van der Waals surface area (Å²) in [7, 11) is 4.90. The van der Waals surface area contributed by atoms with Crippen molar-refractivity contribution < 1.29 is 18.7 Å². The first-order chi connectivity index (χ1) is 10.5. The van der Waals surface area contributed by atoms with E-state index in [1.54, 1.807) is 25.1 Å². The lowest BCUT2D eigenvalue weighted by atomic mass is 10.0. The lowest BCUT2D eigenvalue weighted by Gasteiger charge is -2.33. The van der Waals surface area contributed by atoms with Crippen LogP contribution in [0.4, 0.5) is 10.1 Å². The predicted octanol–water partition coefficient (Wildman–Crippen LogP) is 2.06. The molecule has 1 aromatic rings. The summed E-state index contributed by atoms with van der Waals surface area (Å²) in [4.78, 5) is 27.6. The first kappa shape index (κ1) is 16.3. The minimum atomic E-state index is -0.626. The molecule has 22 heavy (non-hydrogen) atoms. The molecule has 0 radical (unpaired) electrons. The molecule has 1 heterocycles. The zero-order chi connectivity index (χ0) is 16.3. The molecule has 1 atom stereocenters. The number of carbonyl (C=O) groups excluding carboxylic acids is 2. The van der Waals surface area contributed by atoms with Crippen molar-refractivity contribution in [2.24, 2.45) is 0 Å². The number of hydrogen-bond donors (Lipinski definition) is 0. The van der Waals surface area contributed by atoms with E-state index >= 15 is 0 Å². The first-order valence-electron chi connectivity index (χ1n) is 7.31. The third kappa shape index (κ3) is 3.21. The number of rotatable bonds is 3. The maximum Gasteiger partial charge on any atom is 0.328 e. The van der Waals surface area contributed by atoms with Crippen molar-refractivity contribution in [1.82, 2.24) is 4.90 Å². The largest absolute Gasteiger partial charge is 0.467 e. The number of methoxy groups -OCH3 is 1. The highest BCUT2D eigenvalue weighted by atomic mass is 19.1. The Morgan fingerprint density at radius 2 is 2.05 bits per heavy atom. The van der Waals surface area contributed by atoms with Crippen LogP contribution in [0.2, 0.25) is 0 Å². The number of benzene rings is 1. The number of anilines is 1. The summed E-state index contributed by atoms with van der Waals surface area (Å²) in [5.41, 5.74) is 0.665. The van der Waals surface area contributed by atoms with Gasteiger partial charge in [-0.15, -0.1) is 0 Å². The van der Waals surface area contributed by atoms with E-state index in [-0.39, 0.29) is 5.56 Å². The van der Waals surface area contributed by atoms with Gasteiger partial charge in [-0.2, -0.15) is 0 Å². The van der Waals surface area contributed by atoms with Crippen LogP contribution in [0.5, 0.6) is 0 Å². The van der Waals surface area contributed by atoms with Gasteiger partial charge < -0.3 is 14.5 Å². The Balaban J connectivity index is 2.27. The molecular formula is C16H21FN2O3. The molecule has 1 fully saturated rings. The quantitative estimate of drug-likeness (QED) is 0.802. The molecule has 0 unspecified atom stereocenters. The Labute approximate surface area is 129 Å². The lowest BCUT2D eigenvalue weighted by molar-refractivity contribution is -0.147. The zero-order valence-corrected chi connectivity index (χ0v) is 13.1. The van der Waals surface area contributed by atoms with E-state index in [1.807, 2.05) is 0 Å². The summed E-state index contributed by atoms with van der Waals surface area (Å²) in [6.07, 6.45) is 2.21. The summed E-state index contributed by atoms with van der Waals surface area (Å²) in [5, 5.41) is 0. The second-order valence-electron chi connectivity index (χ2n) is 5.59. The molecule has 1 saturated heterocycles. The fraction of sp³-hybridized carbons (Fsp3) is 0.500. The summed E-state index contributed by atoms with van der Waals surface area (Å²) in [6.45, 7) is 0.438. The molecule has 0 aliphatic carbocycles. The minimum Gasteiger partial charge on any atom is -0.467 e. The van der Waals surface area contributed by atoms with Crippen LogP contribution in [0.25, 0.3) is 0 Å². The van der Waals surface area contributed by atoms with Crippen LogP contribution in [0.15, 0.2) is 18.2 Å². The molecular weight excluding hydrogens is 287 g/mol. The molecule has 0 saturated carbocycles. The summed E-state index contributed by atoms with van der Waals surface area (Å²) >= 11 is 0. The second kappa shape index (κ2) is 6.77. The molecule has 1 aromatic carbocycles. The molecule has 2 rings (SSSR count). The average Bonchev–Trinajstić information content (AvgIpc) is 2.53. The van der Waals surface area contributed by atoms with Crippen molar-refractivity contribution in [3.8, 4) is 0 Å². The molecule has 0 spiro atoms. The Morgan fingerprint density at radius 3 is 2.64 bits per heavy atom. The van der Waals surface area contributed by atoms with Crippen LogP contribution in [0.3, 0.4) is 0 Å². The van der Waals surface area contributed by atoms with Crippen molar-refractivity contribution in [2.75, 3.05) is 32.6 Å². The van der Waals surface area contributed by atoms with Crippen LogP contribution in [-0.2, 0) is 9.53 Å². The van der Waals surface area contributed by atoms with Crippen molar-refractivity contribution in [2.45, 2.75) is 25.3 Å². The number of amides is 1. The number of halogens is 1. The van der Waals surface area contributed by atoms with Crippen molar-refractivity contribution in [3.05, 3.63) is 29.6 Å². The Bertz CT molecular complexity index is 575. The number of likely N-dealkylation sites (tertiary alicyclic amines) is 1.